The monoisotopic (exact) mass is 235 g/mol. The Labute approximate surface area is 89.9 Å². The Hall–Kier alpha value is -0.620. The third-order valence-electron chi connectivity index (χ3n) is 2.75. The molecular weight excluding hydrogens is 218 g/mol. The predicted octanol–water partition coefficient (Wildman–Crippen LogP) is 0.569. The van der Waals surface area contributed by atoms with Gasteiger partial charge >= 0.3 is 5.97 Å². The molecule has 88 valence electrons. The summed E-state index contributed by atoms with van der Waals surface area (Å²) in [6, 6.07) is -1.05. The van der Waals surface area contributed by atoms with Gasteiger partial charge in [0.1, 0.15) is 6.04 Å². The van der Waals surface area contributed by atoms with Crippen molar-refractivity contribution >= 4 is 16.0 Å². The van der Waals surface area contributed by atoms with Crippen LogP contribution in [0.5, 0.6) is 0 Å². The molecule has 0 amide bonds. The molecule has 0 aromatic heterocycles. The fourth-order valence-corrected chi connectivity index (χ4v) is 2.88. The zero-order chi connectivity index (χ0) is 11.5. The third-order valence-corrected chi connectivity index (χ3v) is 4.23. The average molecular weight is 235 g/mol. The quantitative estimate of drug-likeness (QED) is 0.705. The fraction of sp³-hybridized carbons (Fsp3) is 0.889. The van der Waals surface area contributed by atoms with Crippen molar-refractivity contribution in [2.75, 3.05) is 5.75 Å². The SMILES string of the molecule is C[C@@H](NS(=O)(=O)CCC1CCC1)C(=O)O. The highest BCUT2D eigenvalue weighted by Crippen LogP contribution is 2.29. The third kappa shape index (κ3) is 4.17. The summed E-state index contributed by atoms with van der Waals surface area (Å²) >= 11 is 0. The number of nitrogens with one attached hydrogen (secondary N) is 1. The van der Waals surface area contributed by atoms with Crippen LogP contribution in [0, 0.1) is 5.92 Å². The maximum absolute atomic E-state index is 11.4. The highest BCUT2D eigenvalue weighted by molar-refractivity contribution is 7.89. The number of sulfonamides is 1. The molecule has 1 aliphatic carbocycles. The Balaban J connectivity index is 2.33. The summed E-state index contributed by atoms with van der Waals surface area (Å²) in [5, 5.41) is 8.55. The minimum absolute atomic E-state index is 0.0370. The second-order valence-corrected chi connectivity index (χ2v) is 5.96. The van der Waals surface area contributed by atoms with Crippen molar-refractivity contribution in [1.82, 2.24) is 4.72 Å². The van der Waals surface area contributed by atoms with Gasteiger partial charge in [-0.25, -0.2) is 13.1 Å². The van der Waals surface area contributed by atoms with E-state index in [0.717, 1.165) is 12.8 Å². The highest BCUT2D eigenvalue weighted by atomic mass is 32.2. The molecule has 1 atom stereocenters. The molecule has 2 N–H and O–H groups in total. The minimum atomic E-state index is -3.43. The van der Waals surface area contributed by atoms with E-state index >= 15 is 0 Å². The van der Waals surface area contributed by atoms with E-state index in [0.29, 0.717) is 12.3 Å². The van der Waals surface area contributed by atoms with E-state index in [-0.39, 0.29) is 5.75 Å². The lowest BCUT2D eigenvalue weighted by molar-refractivity contribution is -0.138. The molecule has 0 spiro atoms. The van der Waals surface area contributed by atoms with Gasteiger partial charge in [0.05, 0.1) is 5.75 Å². The molecule has 0 radical (unpaired) electrons. The van der Waals surface area contributed by atoms with Gasteiger partial charge in [-0.2, -0.15) is 0 Å². The molecule has 1 rings (SSSR count). The Bertz CT molecular complexity index is 321. The van der Waals surface area contributed by atoms with Crippen molar-refractivity contribution in [2.45, 2.75) is 38.6 Å². The van der Waals surface area contributed by atoms with Gasteiger partial charge in [0, 0.05) is 0 Å². The summed E-state index contributed by atoms with van der Waals surface area (Å²) in [5.41, 5.74) is 0. The lowest BCUT2D eigenvalue weighted by Gasteiger charge is -2.25. The molecule has 0 aromatic carbocycles. The fourth-order valence-electron chi connectivity index (χ4n) is 1.48. The Morgan fingerprint density at radius 3 is 2.53 bits per heavy atom. The number of carbonyl (C=O) groups is 1. The lowest BCUT2D eigenvalue weighted by Crippen LogP contribution is -2.40. The smallest absolute Gasteiger partial charge is 0.321 e. The van der Waals surface area contributed by atoms with Crippen molar-refractivity contribution < 1.29 is 18.3 Å². The van der Waals surface area contributed by atoms with Crippen molar-refractivity contribution in [3.05, 3.63) is 0 Å². The van der Waals surface area contributed by atoms with Crippen LogP contribution in [0.1, 0.15) is 32.6 Å². The summed E-state index contributed by atoms with van der Waals surface area (Å²) in [7, 11) is -3.43. The van der Waals surface area contributed by atoms with Crippen molar-refractivity contribution in [1.29, 1.82) is 0 Å². The van der Waals surface area contributed by atoms with E-state index in [2.05, 4.69) is 4.72 Å². The van der Waals surface area contributed by atoms with Gasteiger partial charge in [-0.15, -0.1) is 0 Å². The van der Waals surface area contributed by atoms with Crippen LogP contribution in [0.3, 0.4) is 0 Å². The summed E-state index contributed by atoms with van der Waals surface area (Å²) in [6.45, 7) is 1.32. The van der Waals surface area contributed by atoms with E-state index in [1.54, 1.807) is 0 Å². The Morgan fingerprint density at radius 1 is 1.53 bits per heavy atom. The van der Waals surface area contributed by atoms with Crippen LogP contribution in [0.25, 0.3) is 0 Å². The van der Waals surface area contributed by atoms with E-state index in [1.165, 1.54) is 13.3 Å². The minimum Gasteiger partial charge on any atom is -0.480 e. The van der Waals surface area contributed by atoms with E-state index in [9.17, 15) is 13.2 Å². The van der Waals surface area contributed by atoms with Crippen molar-refractivity contribution in [3.8, 4) is 0 Å². The molecule has 1 fully saturated rings. The predicted molar refractivity (Wildman–Crippen MR) is 56.0 cm³/mol. The second kappa shape index (κ2) is 4.94. The van der Waals surface area contributed by atoms with Crippen LogP contribution in [0.2, 0.25) is 0 Å². The molecule has 0 unspecified atom stereocenters. The van der Waals surface area contributed by atoms with Crippen molar-refractivity contribution in [2.24, 2.45) is 5.92 Å². The number of aliphatic carboxylic acids is 1. The number of carboxylic acid groups (broad SMARTS) is 1. The second-order valence-electron chi connectivity index (χ2n) is 4.08. The van der Waals surface area contributed by atoms with E-state index in [4.69, 9.17) is 5.11 Å². The number of rotatable bonds is 6. The first-order chi connectivity index (χ1) is 6.91. The zero-order valence-corrected chi connectivity index (χ0v) is 9.59. The van der Waals surface area contributed by atoms with Gasteiger partial charge in [0.15, 0.2) is 0 Å². The maximum Gasteiger partial charge on any atom is 0.321 e. The normalized spacial score (nSPS) is 19.5. The summed E-state index contributed by atoms with van der Waals surface area (Å²) < 4.78 is 25.0. The molecule has 0 aromatic rings. The van der Waals surface area contributed by atoms with Crippen LogP contribution in [-0.2, 0) is 14.8 Å². The molecule has 1 aliphatic rings. The Kier molecular flexibility index (Phi) is 4.10. The standard InChI is InChI=1S/C9H17NO4S/c1-7(9(11)12)10-15(13,14)6-5-8-3-2-4-8/h7-8,10H,2-6H2,1H3,(H,11,12)/t7-/m1/s1. The average Bonchev–Trinajstić information content (AvgIpc) is 1.99. The van der Waals surface area contributed by atoms with Crippen LogP contribution < -0.4 is 4.72 Å². The van der Waals surface area contributed by atoms with Gasteiger partial charge in [-0.3, -0.25) is 4.79 Å². The summed E-state index contributed by atoms with van der Waals surface area (Å²) in [6.07, 6.45) is 4.03. The largest absolute Gasteiger partial charge is 0.480 e. The molecule has 0 saturated heterocycles. The van der Waals surface area contributed by atoms with E-state index < -0.39 is 22.0 Å². The molecule has 5 nitrogen and oxygen atoms in total. The topological polar surface area (TPSA) is 83.5 Å². The van der Waals surface area contributed by atoms with Crippen LogP contribution in [0.15, 0.2) is 0 Å². The molecule has 6 heteroatoms. The van der Waals surface area contributed by atoms with Crippen LogP contribution in [-0.4, -0.2) is 31.3 Å². The summed E-state index contributed by atoms with van der Waals surface area (Å²) in [5.74, 6) is -0.598. The maximum atomic E-state index is 11.4. The van der Waals surface area contributed by atoms with Gasteiger partial charge in [0.25, 0.3) is 0 Å². The number of hydrogen-bond donors (Lipinski definition) is 2. The first-order valence-corrected chi connectivity index (χ1v) is 6.79. The Morgan fingerprint density at radius 2 is 2.13 bits per heavy atom. The van der Waals surface area contributed by atoms with Gasteiger partial charge in [-0.1, -0.05) is 19.3 Å². The molecular formula is C9H17NO4S. The van der Waals surface area contributed by atoms with Crippen LogP contribution >= 0.6 is 0 Å². The number of carboxylic acids is 1. The zero-order valence-electron chi connectivity index (χ0n) is 8.77. The first-order valence-electron chi connectivity index (χ1n) is 5.13. The molecule has 0 bridgehead atoms. The molecule has 0 heterocycles. The first kappa shape index (κ1) is 12.4. The molecule has 1 saturated carbocycles. The lowest BCUT2D eigenvalue weighted by atomic mass is 9.84. The highest BCUT2D eigenvalue weighted by Gasteiger charge is 2.23. The number of hydrogen-bond acceptors (Lipinski definition) is 3. The van der Waals surface area contributed by atoms with Crippen LogP contribution in [0.4, 0.5) is 0 Å². The molecule has 0 aliphatic heterocycles. The van der Waals surface area contributed by atoms with E-state index in [1.807, 2.05) is 0 Å². The van der Waals surface area contributed by atoms with Gasteiger partial charge in [-0.05, 0) is 19.3 Å². The molecule has 15 heavy (non-hydrogen) atoms. The summed E-state index contributed by atoms with van der Waals surface area (Å²) in [4.78, 5) is 10.5. The van der Waals surface area contributed by atoms with Gasteiger partial charge < -0.3 is 5.11 Å². The van der Waals surface area contributed by atoms with Gasteiger partial charge in [0.2, 0.25) is 10.0 Å². The van der Waals surface area contributed by atoms with Crippen molar-refractivity contribution in [3.63, 3.8) is 0 Å².